The maximum atomic E-state index is 11.3. The third-order valence-electron chi connectivity index (χ3n) is 0.376. The van der Waals surface area contributed by atoms with E-state index in [1.807, 2.05) is 0 Å². The Morgan fingerprint density at radius 2 is 1.55 bits per heavy atom. The molecule has 0 saturated carbocycles. The van der Waals surface area contributed by atoms with Crippen LogP contribution in [0.2, 0.25) is 0 Å². The van der Waals surface area contributed by atoms with Gasteiger partial charge in [-0.3, -0.25) is 0 Å². The molecule has 0 atom stereocenters. The fraction of sp³-hybridized carbons (Fsp3) is 1.00. The van der Waals surface area contributed by atoms with Gasteiger partial charge in [0.15, 0.2) is 6.61 Å². The Labute approximate surface area is 75.0 Å². The van der Waals surface area contributed by atoms with Crippen molar-refractivity contribution in [1.29, 1.82) is 0 Å². The van der Waals surface area contributed by atoms with E-state index in [0.29, 0.717) is 0 Å². The van der Waals surface area contributed by atoms with Crippen LogP contribution in [-0.4, -0.2) is 16.8 Å². The molecule has 0 unspecified atom stereocenters. The Balaban J connectivity index is 3.44. The van der Waals surface area contributed by atoms with E-state index in [9.17, 15) is 13.2 Å². The zero-order valence-electron chi connectivity index (χ0n) is 4.79. The van der Waals surface area contributed by atoms with Crippen molar-refractivity contribution in [2.24, 2.45) is 0 Å². The first-order chi connectivity index (χ1) is 4.71. The first-order valence-corrected chi connectivity index (χ1v) is 3.28. The number of rotatable bonds is 2. The highest BCUT2D eigenvalue weighted by Gasteiger charge is 2.31. The Morgan fingerprint density at radius 3 is 1.82 bits per heavy atom. The molecule has 0 aromatic carbocycles. The van der Waals surface area contributed by atoms with E-state index in [4.69, 9.17) is 34.8 Å². The third-order valence-corrected chi connectivity index (χ3v) is 0.565. The van der Waals surface area contributed by atoms with Crippen LogP contribution >= 0.6 is 34.8 Å². The van der Waals surface area contributed by atoms with E-state index in [1.54, 1.807) is 0 Å². The van der Waals surface area contributed by atoms with Crippen molar-refractivity contribution in [1.82, 2.24) is 0 Å². The van der Waals surface area contributed by atoms with E-state index in [-0.39, 0.29) is 0 Å². The van der Waals surface area contributed by atoms with Gasteiger partial charge < -0.3 is 0 Å². The van der Waals surface area contributed by atoms with Crippen LogP contribution in [0.5, 0.6) is 0 Å². The van der Waals surface area contributed by atoms with Crippen molar-refractivity contribution < 1.29 is 22.9 Å². The van der Waals surface area contributed by atoms with Gasteiger partial charge in [-0.15, -0.1) is 0 Å². The van der Waals surface area contributed by atoms with Crippen molar-refractivity contribution in [3.8, 4) is 0 Å². The molecule has 0 aliphatic heterocycles. The molecule has 0 fully saturated rings. The lowest BCUT2D eigenvalue weighted by molar-refractivity contribution is -0.345. The average molecular weight is 233 g/mol. The molecule has 68 valence electrons. The molecule has 0 saturated heterocycles. The van der Waals surface area contributed by atoms with Crippen LogP contribution in [0.1, 0.15) is 0 Å². The fourth-order valence-corrected chi connectivity index (χ4v) is 0.297. The van der Waals surface area contributed by atoms with Gasteiger partial charge in [0.05, 0.1) is 0 Å². The van der Waals surface area contributed by atoms with Crippen molar-refractivity contribution in [2.45, 2.75) is 10.2 Å². The molecule has 0 N–H and O–H groups in total. The second-order valence-electron chi connectivity index (χ2n) is 1.41. The van der Waals surface area contributed by atoms with E-state index < -0.39 is 16.8 Å². The number of alkyl halides is 6. The highest BCUT2D eigenvalue weighted by atomic mass is 35.6. The van der Waals surface area contributed by atoms with Gasteiger partial charge in [0.1, 0.15) is 0 Å². The molecular formula is C3H2Cl3F3O2. The van der Waals surface area contributed by atoms with Crippen LogP contribution in [0.25, 0.3) is 0 Å². The highest BCUT2D eigenvalue weighted by Crippen LogP contribution is 2.28. The Morgan fingerprint density at radius 1 is 1.09 bits per heavy atom. The summed E-state index contributed by atoms with van der Waals surface area (Å²) in [4.78, 5) is 7.22. The molecule has 0 heterocycles. The van der Waals surface area contributed by atoms with E-state index >= 15 is 0 Å². The predicted octanol–water partition coefficient (Wildman–Crippen LogP) is 2.82. The zero-order chi connectivity index (χ0) is 9.12. The van der Waals surface area contributed by atoms with E-state index in [1.165, 1.54) is 0 Å². The predicted molar refractivity (Wildman–Crippen MR) is 33.4 cm³/mol. The molecule has 8 heteroatoms. The second kappa shape index (κ2) is 4.00. The van der Waals surface area contributed by atoms with Gasteiger partial charge in [-0.2, -0.15) is 18.1 Å². The van der Waals surface area contributed by atoms with Gasteiger partial charge in [-0.1, -0.05) is 34.8 Å². The monoisotopic (exact) mass is 232 g/mol. The van der Waals surface area contributed by atoms with Crippen molar-refractivity contribution in [3.63, 3.8) is 0 Å². The summed E-state index contributed by atoms with van der Waals surface area (Å²) in [5, 5.41) is 0. The molecular weight excluding hydrogens is 231 g/mol. The van der Waals surface area contributed by atoms with Crippen molar-refractivity contribution in [2.75, 3.05) is 6.61 Å². The van der Waals surface area contributed by atoms with Crippen LogP contribution < -0.4 is 0 Å². The lowest BCUT2D eigenvalue weighted by atomic mass is 10.7. The molecule has 0 spiro atoms. The molecule has 0 amide bonds. The summed E-state index contributed by atoms with van der Waals surface area (Å²) in [5.74, 6) is 0. The Hall–Kier alpha value is 0.580. The molecule has 0 radical (unpaired) electrons. The first kappa shape index (κ1) is 11.6. The maximum absolute atomic E-state index is 11.3. The van der Waals surface area contributed by atoms with Crippen LogP contribution in [0.3, 0.4) is 0 Å². The van der Waals surface area contributed by atoms with Gasteiger partial charge in [-0.05, 0) is 0 Å². The normalized spacial score (nSPS) is 13.6. The topological polar surface area (TPSA) is 18.5 Å². The zero-order valence-corrected chi connectivity index (χ0v) is 7.06. The minimum absolute atomic E-state index is 1.62. The highest BCUT2D eigenvalue weighted by molar-refractivity contribution is 6.66. The Bertz CT molecular complexity index is 106. The molecule has 2 nitrogen and oxygen atoms in total. The molecule has 0 aliphatic carbocycles. The molecule has 0 aromatic heterocycles. The van der Waals surface area contributed by atoms with E-state index in [0.717, 1.165) is 0 Å². The summed E-state index contributed by atoms with van der Waals surface area (Å²) in [6.45, 7) is -1.62. The molecule has 0 rings (SSSR count). The number of hydrogen-bond donors (Lipinski definition) is 0. The summed E-state index contributed by atoms with van der Waals surface area (Å²) in [6, 6.07) is 0. The summed E-state index contributed by atoms with van der Waals surface area (Å²) in [5.41, 5.74) is 0. The summed E-state index contributed by atoms with van der Waals surface area (Å²) < 4.78 is 31.6. The van der Waals surface area contributed by atoms with Crippen LogP contribution in [-0.2, 0) is 9.78 Å². The third kappa shape index (κ3) is 10.6. The van der Waals surface area contributed by atoms with Gasteiger partial charge >= 0.3 is 10.2 Å². The van der Waals surface area contributed by atoms with Gasteiger partial charge in [0, 0.05) is 0 Å². The molecule has 0 aromatic rings. The molecule has 11 heavy (non-hydrogen) atoms. The smallest absolute Gasteiger partial charge is 0.223 e. The summed E-state index contributed by atoms with van der Waals surface area (Å²) in [7, 11) is 0. The first-order valence-electron chi connectivity index (χ1n) is 2.15. The average Bonchev–Trinajstić information content (AvgIpc) is 1.55. The van der Waals surface area contributed by atoms with Crippen LogP contribution in [0, 0.1) is 0 Å². The minimum Gasteiger partial charge on any atom is -0.223 e. The van der Waals surface area contributed by atoms with Crippen molar-refractivity contribution >= 4 is 34.8 Å². The standard InChI is InChI=1S/C3H2Cl3F3O2/c4-3(5,6)11-10-1-2(7,8)9/h1H2. The number of hydrogen-bond acceptors (Lipinski definition) is 2. The number of halogens is 6. The quantitative estimate of drug-likeness (QED) is 0.415. The van der Waals surface area contributed by atoms with Gasteiger partial charge in [0.2, 0.25) is 0 Å². The maximum Gasteiger partial charge on any atom is 0.414 e. The fourth-order valence-electron chi connectivity index (χ4n) is 0.163. The second-order valence-corrected chi connectivity index (χ2v) is 3.58. The lowest BCUT2D eigenvalue weighted by Crippen LogP contribution is -2.20. The molecule has 0 bridgehead atoms. The summed E-state index contributed by atoms with van der Waals surface area (Å²) in [6.07, 6.45) is -4.50. The Kier molecular flexibility index (Phi) is 4.21. The summed E-state index contributed by atoms with van der Waals surface area (Å²) >= 11 is 14.6. The van der Waals surface area contributed by atoms with Crippen molar-refractivity contribution in [3.05, 3.63) is 0 Å². The minimum atomic E-state index is -4.50. The lowest BCUT2D eigenvalue weighted by Gasteiger charge is -2.11. The van der Waals surface area contributed by atoms with Gasteiger partial charge in [0.25, 0.3) is 0 Å². The SMILES string of the molecule is FC(F)(F)COOC(Cl)(Cl)Cl. The van der Waals surface area contributed by atoms with Crippen LogP contribution in [0.4, 0.5) is 13.2 Å². The van der Waals surface area contributed by atoms with E-state index in [2.05, 4.69) is 9.78 Å². The largest absolute Gasteiger partial charge is 0.414 e. The van der Waals surface area contributed by atoms with Gasteiger partial charge in [-0.25, -0.2) is 4.89 Å². The molecule has 0 aliphatic rings. The van der Waals surface area contributed by atoms with Crippen LogP contribution in [0.15, 0.2) is 0 Å².